The van der Waals surface area contributed by atoms with E-state index in [1.807, 2.05) is 6.07 Å². The second-order valence-electron chi connectivity index (χ2n) is 4.80. The van der Waals surface area contributed by atoms with Crippen LogP contribution < -0.4 is 5.32 Å². The lowest BCUT2D eigenvalue weighted by Gasteiger charge is -2.20. The van der Waals surface area contributed by atoms with Crippen molar-refractivity contribution in [3.63, 3.8) is 0 Å². The molecule has 1 heterocycles. The Morgan fingerprint density at radius 3 is 2.42 bits per heavy atom. The normalized spacial score (nSPS) is 14.4. The largest absolute Gasteiger partial charge is 0.304 e. The maximum Gasteiger partial charge on any atom is 0.0991 e. The Bertz CT molecular complexity index is 565. The molecule has 1 unspecified atom stereocenters. The molecule has 0 aliphatic rings. The summed E-state index contributed by atoms with van der Waals surface area (Å²) in [6.45, 7) is 6.37. The van der Waals surface area contributed by atoms with Gasteiger partial charge >= 0.3 is 0 Å². The SMILES string of the molecule is Cc1cccc([C@@H](C)NC(C)c2cc(Cl)sc2Cl)c1. The molecule has 1 N–H and O–H groups in total. The Kier molecular flexibility index (Phi) is 4.91. The summed E-state index contributed by atoms with van der Waals surface area (Å²) in [4.78, 5) is 0. The molecule has 1 aromatic heterocycles. The fraction of sp³-hybridized carbons (Fsp3) is 0.333. The third-order valence-electron chi connectivity index (χ3n) is 3.19. The monoisotopic (exact) mass is 313 g/mol. The van der Waals surface area contributed by atoms with Gasteiger partial charge in [-0.3, -0.25) is 0 Å². The molecule has 0 aliphatic carbocycles. The predicted molar refractivity (Wildman–Crippen MR) is 85.5 cm³/mol. The number of halogens is 2. The predicted octanol–water partition coefficient (Wildman–Crippen LogP) is 5.78. The van der Waals surface area contributed by atoms with Crippen LogP contribution in [0, 0.1) is 6.92 Å². The van der Waals surface area contributed by atoms with Crippen molar-refractivity contribution in [2.24, 2.45) is 0 Å². The summed E-state index contributed by atoms with van der Waals surface area (Å²) < 4.78 is 1.50. The molecule has 0 amide bonds. The molecule has 2 atom stereocenters. The average Bonchev–Trinajstić information content (AvgIpc) is 2.68. The van der Waals surface area contributed by atoms with Crippen LogP contribution in [0.4, 0.5) is 0 Å². The minimum absolute atomic E-state index is 0.173. The zero-order valence-electron chi connectivity index (χ0n) is 11.2. The highest BCUT2D eigenvalue weighted by atomic mass is 35.5. The number of rotatable bonds is 4. The van der Waals surface area contributed by atoms with E-state index in [0.717, 1.165) is 14.2 Å². The van der Waals surface area contributed by atoms with Crippen LogP contribution in [0.25, 0.3) is 0 Å². The van der Waals surface area contributed by atoms with Crippen LogP contribution in [0.3, 0.4) is 0 Å². The van der Waals surface area contributed by atoms with E-state index in [2.05, 4.69) is 50.4 Å². The Morgan fingerprint density at radius 2 is 1.84 bits per heavy atom. The van der Waals surface area contributed by atoms with E-state index in [4.69, 9.17) is 23.2 Å². The van der Waals surface area contributed by atoms with Gasteiger partial charge in [-0.25, -0.2) is 0 Å². The lowest BCUT2D eigenvalue weighted by Crippen LogP contribution is -2.22. The van der Waals surface area contributed by atoms with Crippen molar-refractivity contribution in [3.8, 4) is 0 Å². The van der Waals surface area contributed by atoms with Gasteiger partial charge in [0, 0.05) is 12.1 Å². The Hall–Kier alpha value is -0.540. The Morgan fingerprint density at radius 1 is 1.11 bits per heavy atom. The first kappa shape index (κ1) is 14.9. The van der Waals surface area contributed by atoms with Gasteiger partial charge in [0.15, 0.2) is 0 Å². The molecule has 4 heteroatoms. The van der Waals surface area contributed by atoms with Crippen molar-refractivity contribution in [1.82, 2.24) is 5.32 Å². The first-order valence-electron chi connectivity index (χ1n) is 6.24. The average molecular weight is 314 g/mol. The minimum atomic E-state index is 0.173. The van der Waals surface area contributed by atoms with Gasteiger partial charge < -0.3 is 5.32 Å². The molecular weight excluding hydrogens is 297 g/mol. The van der Waals surface area contributed by atoms with E-state index < -0.39 is 0 Å². The molecule has 0 saturated carbocycles. The van der Waals surface area contributed by atoms with Crippen molar-refractivity contribution in [2.45, 2.75) is 32.9 Å². The molecule has 2 aromatic rings. The lowest BCUT2D eigenvalue weighted by atomic mass is 10.0. The Labute approximate surface area is 128 Å². The number of benzene rings is 1. The number of hydrogen-bond acceptors (Lipinski definition) is 2. The maximum atomic E-state index is 6.19. The second kappa shape index (κ2) is 6.27. The van der Waals surface area contributed by atoms with Crippen molar-refractivity contribution in [1.29, 1.82) is 0 Å². The molecule has 0 aliphatic heterocycles. The number of hydrogen-bond donors (Lipinski definition) is 1. The molecular formula is C15H17Cl2NS. The van der Waals surface area contributed by atoms with Gasteiger partial charge in [-0.2, -0.15) is 0 Å². The number of nitrogens with one attached hydrogen (secondary N) is 1. The van der Waals surface area contributed by atoms with Crippen LogP contribution in [0.5, 0.6) is 0 Å². The molecule has 19 heavy (non-hydrogen) atoms. The van der Waals surface area contributed by atoms with E-state index in [0.29, 0.717) is 0 Å². The van der Waals surface area contributed by atoms with Crippen LogP contribution in [-0.2, 0) is 0 Å². The smallest absolute Gasteiger partial charge is 0.0991 e. The molecule has 0 fully saturated rings. The summed E-state index contributed by atoms with van der Waals surface area (Å²) in [5.74, 6) is 0. The summed E-state index contributed by atoms with van der Waals surface area (Å²) in [5.41, 5.74) is 3.62. The van der Waals surface area contributed by atoms with E-state index in [-0.39, 0.29) is 12.1 Å². The molecule has 1 aromatic carbocycles. The summed E-state index contributed by atoms with van der Waals surface area (Å²) in [6, 6.07) is 10.9. The zero-order chi connectivity index (χ0) is 14.0. The van der Waals surface area contributed by atoms with Crippen LogP contribution in [-0.4, -0.2) is 0 Å². The molecule has 102 valence electrons. The van der Waals surface area contributed by atoms with Crippen molar-refractivity contribution < 1.29 is 0 Å². The summed E-state index contributed by atoms with van der Waals surface area (Å²) in [7, 11) is 0. The second-order valence-corrected chi connectivity index (χ2v) is 7.09. The van der Waals surface area contributed by atoms with Crippen molar-refractivity contribution in [2.75, 3.05) is 0 Å². The summed E-state index contributed by atoms with van der Waals surface area (Å²) in [6.07, 6.45) is 0. The van der Waals surface area contributed by atoms with E-state index in [1.54, 1.807) is 0 Å². The Balaban J connectivity index is 2.10. The van der Waals surface area contributed by atoms with Gasteiger partial charge in [0.1, 0.15) is 0 Å². The van der Waals surface area contributed by atoms with E-state index in [9.17, 15) is 0 Å². The first-order valence-corrected chi connectivity index (χ1v) is 7.82. The van der Waals surface area contributed by atoms with Gasteiger partial charge in [0.2, 0.25) is 0 Å². The quantitative estimate of drug-likeness (QED) is 0.755. The molecule has 0 bridgehead atoms. The highest BCUT2D eigenvalue weighted by Gasteiger charge is 2.16. The fourth-order valence-corrected chi connectivity index (χ4v) is 3.79. The highest BCUT2D eigenvalue weighted by Crippen LogP contribution is 2.35. The zero-order valence-corrected chi connectivity index (χ0v) is 13.5. The maximum absolute atomic E-state index is 6.19. The molecule has 0 radical (unpaired) electrons. The van der Waals surface area contributed by atoms with Gasteiger partial charge in [0.05, 0.1) is 8.67 Å². The van der Waals surface area contributed by atoms with Crippen LogP contribution >= 0.6 is 34.5 Å². The molecule has 0 spiro atoms. The van der Waals surface area contributed by atoms with Gasteiger partial charge in [-0.1, -0.05) is 53.0 Å². The minimum Gasteiger partial charge on any atom is -0.304 e. The standard InChI is InChI=1S/C15H17Cl2NS/c1-9-5-4-6-12(7-9)10(2)18-11(3)13-8-14(16)19-15(13)17/h4-8,10-11,18H,1-3H3/t10-,11?/m1/s1. The van der Waals surface area contributed by atoms with Gasteiger partial charge in [0.25, 0.3) is 0 Å². The number of thiophene rings is 1. The van der Waals surface area contributed by atoms with Gasteiger partial charge in [-0.15, -0.1) is 11.3 Å². The van der Waals surface area contributed by atoms with E-state index in [1.165, 1.54) is 22.5 Å². The highest BCUT2D eigenvalue weighted by molar-refractivity contribution is 7.20. The molecule has 1 nitrogen and oxygen atoms in total. The molecule has 0 saturated heterocycles. The number of aryl methyl sites for hydroxylation is 1. The third kappa shape index (κ3) is 3.73. The third-order valence-corrected chi connectivity index (χ3v) is 4.71. The first-order chi connectivity index (χ1) is 8.97. The fourth-order valence-electron chi connectivity index (χ4n) is 2.15. The topological polar surface area (TPSA) is 12.0 Å². The summed E-state index contributed by atoms with van der Waals surface area (Å²) >= 11 is 13.6. The van der Waals surface area contributed by atoms with Crippen LogP contribution in [0.1, 0.15) is 42.6 Å². The van der Waals surface area contributed by atoms with Crippen LogP contribution in [0.15, 0.2) is 30.3 Å². The molecule has 2 rings (SSSR count). The summed E-state index contributed by atoms with van der Waals surface area (Å²) in [5, 5.41) is 3.56. The van der Waals surface area contributed by atoms with Crippen molar-refractivity contribution >= 4 is 34.5 Å². The van der Waals surface area contributed by atoms with Crippen molar-refractivity contribution in [3.05, 3.63) is 55.7 Å². The van der Waals surface area contributed by atoms with Crippen LogP contribution in [0.2, 0.25) is 8.67 Å². The van der Waals surface area contributed by atoms with E-state index >= 15 is 0 Å². The van der Waals surface area contributed by atoms with Gasteiger partial charge in [-0.05, 0) is 38.0 Å². The lowest BCUT2D eigenvalue weighted by molar-refractivity contribution is 0.495.